The Morgan fingerprint density at radius 1 is 1.21 bits per heavy atom. The van der Waals surface area contributed by atoms with Gasteiger partial charge in [0, 0.05) is 13.1 Å². The summed E-state index contributed by atoms with van der Waals surface area (Å²) in [6, 6.07) is 0. The molecule has 0 spiro atoms. The highest BCUT2D eigenvalue weighted by Crippen LogP contribution is 2.11. The van der Waals surface area contributed by atoms with Crippen molar-refractivity contribution < 1.29 is 22.7 Å². The van der Waals surface area contributed by atoms with Gasteiger partial charge in [-0.2, -0.15) is 0 Å². The van der Waals surface area contributed by atoms with Gasteiger partial charge in [-0.15, -0.1) is 0 Å². The molecule has 1 unspecified atom stereocenters. The van der Waals surface area contributed by atoms with Crippen LogP contribution in [0, 0.1) is 5.92 Å². The zero-order valence-corrected chi connectivity index (χ0v) is 12.2. The van der Waals surface area contributed by atoms with Crippen molar-refractivity contribution in [3.63, 3.8) is 0 Å². The van der Waals surface area contributed by atoms with Gasteiger partial charge in [-0.1, -0.05) is 6.92 Å². The van der Waals surface area contributed by atoms with Crippen molar-refractivity contribution in [3.8, 4) is 0 Å². The second-order valence-corrected chi connectivity index (χ2v) is 7.03. The van der Waals surface area contributed by atoms with E-state index in [9.17, 15) is 18.0 Å². The van der Waals surface area contributed by atoms with Gasteiger partial charge in [0.25, 0.3) is 0 Å². The molecule has 1 rings (SSSR count). The molecule has 0 aliphatic carbocycles. The number of hydrogen-bond acceptors (Lipinski definition) is 5. The van der Waals surface area contributed by atoms with E-state index in [2.05, 4.69) is 4.74 Å². The van der Waals surface area contributed by atoms with Crippen molar-refractivity contribution in [1.82, 2.24) is 4.90 Å². The van der Waals surface area contributed by atoms with Crippen LogP contribution in [0.3, 0.4) is 0 Å². The first-order valence-electron chi connectivity index (χ1n) is 6.42. The fourth-order valence-electron chi connectivity index (χ4n) is 2.13. The third-order valence-electron chi connectivity index (χ3n) is 3.16. The zero-order valence-electron chi connectivity index (χ0n) is 11.4. The monoisotopic (exact) mass is 291 g/mol. The molecule has 110 valence electrons. The molecule has 0 aromatic carbocycles. The number of likely N-dealkylation sites (tertiary alicyclic amines) is 1. The van der Waals surface area contributed by atoms with Crippen LogP contribution in [0.2, 0.25) is 0 Å². The van der Waals surface area contributed by atoms with Gasteiger partial charge in [-0.05, 0) is 19.3 Å². The van der Waals surface area contributed by atoms with Crippen LogP contribution in [0.5, 0.6) is 0 Å². The Balaban J connectivity index is 2.53. The number of sulfone groups is 1. The molecule has 1 amide bonds. The lowest BCUT2D eigenvalue weighted by molar-refractivity contribution is -0.144. The van der Waals surface area contributed by atoms with E-state index in [0.717, 1.165) is 19.3 Å². The fraction of sp³-hybridized carbons (Fsp3) is 0.833. The lowest BCUT2D eigenvalue weighted by Gasteiger charge is -2.26. The number of carbonyl (C=O) groups excluding carboxylic acids is 2. The number of amides is 1. The predicted octanol–water partition coefficient (Wildman–Crippen LogP) is 0.223. The van der Waals surface area contributed by atoms with Gasteiger partial charge in [0.15, 0.2) is 9.84 Å². The van der Waals surface area contributed by atoms with Crippen LogP contribution in [0.25, 0.3) is 0 Å². The average Bonchev–Trinajstić information content (AvgIpc) is 2.37. The molecule has 7 heteroatoms. The minimum Gasteiger partial charge on any atom is -0.469 e. The summed E-state index contributed by atoms with van der Waals surface area (Å²) in [6.07, 6.45) is 2.92. The first-order chi connectivity index (χ1) is 8.85. The maximum atomic E-state index is 11.9. The van der Waals surface area contributed by atoms with E-state index in [-0.39, 0.29) is 11.7 Å². The second kappa shape index (κ2) is 6.88. The Bertz CT molecular complexity index is 425. The van der Waals surface area contributed by atoms with Gasteiger partial charge in [-0.3, -0.25) is 9.59 Å². The number of ether oxygens (including phenoxy) is 1. The second-order valence-electron chi connectivity index (χ2n) is 4.92. The van der Waals surface area contributed by atoms with E-state index in [0.29, 0.717) is 13.1 Å². The van der Waals surface area contributed by atoms with Crippen LogP contribution in [0.15, 0.2) is 0 Å². The molecule has 1 aliphatic heterocycles. The molecule has 0 radical (unpaired) electrons. The summed E-state index contributed by atoms with van der Waals surface area (Å²) in [7, 11) is -2.36. The van der Waals surface area contributed by atoms with Crippen LogP contribution in [0.4, 0.5) is 0 Å². The van der Waals surface area contributed by atoms with E-state index in [1.165, 1.54) is 14.0 Å². The summed E-state index contributed by atoms with van der Waals surface area (Å²) in [4.78, 5) is 24.6. The maximum absolute atomic E-state index is 11.9. The highest BCUT2D eigenvalue weighted by atomic mass is 32.2. The Morgan fingerprint density at radius 3 is 2.32 bits per heavy atom. The molecule has 0 aromatic rings. The number of hydrogen-bond donors (Lipinski definition) is 0. The van der Waals surface area contributed by atoms with Crippen molar-refractivity contribution >= 4 is 21.7 Å². The lowest BCUT2D eigenvalue weighted by Crippen LogP contribution is -2.40. The summed E-state index contributed by atoms with van der Waals surface area (Å²) in [5, 5.41) is 0. The molecular formula is C12H21NO5S. The van der Waals surface area contributed by atoms with Crippen LogP contribution in [-0.4, -0.2) is 56.9 Å². The molecule has 1 fully saturated rings. The maximum Gasteiger partial charge on any atom is 0.309 e. The number of esters is 1. The SMILES string of the molecule is COC(=O)C(C)CS(=O)(=O)CC(=O)N1CCCCC1. The smallest absolute Gasteiger partial charge is 0.309 e. The fourth-order valence-corrected chi connectivity index (χ4v) is 3.71. The number of piperidine rings is 1. The Labute approximate surface area is 114 Å². The molecule has 0 N–H and O–H groups in total. The van der Waals surface area contributed by atoms with E-state index in [4.69, 9.17) is 0 Å². The molecule has 1 heterocycles. The molecule has 19 heavy (non-hydrogen) atoms. The van der Waals surface area contributed by atoms with Crippen molar-refractivity contribution in [2.24, 2.45) is 5.92 Å². The first-order valence-corrected chi connectivity index (χ1v) is 8.24. The van der Waals surface area contributed by atoms with Gasteiger partial charge in [0.2, 0.25) is 5.91 Å². The van der Waals surface area contributed by atoms with Gasteiger partial charge >= 0.3 is 5.97 Å². The van der Waals surface area contributed by atoms with Crippen LogP contribution < -0.4 is 0 Å². The third-order valence-corrected chi connectivity index (χ3v) is 4.85. The standard InChI is InChI=1S/C12H21NO5S/c1-10(12(15)18-2)8-19(16,17)9-11(14)13-6-4-3-5-7-13/h10H,3-9H2,1-2H3. The van der Waals surface area contributed by atoms with Crippen molar-refractivity contribution in [2.45, 2.75) is 26.2 Å². The first kappa shape index (κ1) is 15.9. The largest absolute Gasteiger partial charge is 0.469 e. The van der Waals surface area contributed by atoms with E-state index in [1.807, 2.05) is 0 Å². The molecule has 1 saturated heterocycles. The third kappa shape index (κ3) is 5.18. The van der Waals surface area contributed by atoms with Crippen LogP contribution in [-0.2, 0) is 24.2 Å². The lowest BCUT2D eigenvalue weighted by atomic mass is 10.1. The number of nitrogens with zero attached hydrogens (tertiary/aromatic N) is 1. The van der Waals surface area contributed by atoms with Gasteiger partial charge < -0.3 is 9.64 Å². The number of carbonyl (C=O) groups is 2. The quantitative estimate of drug-likeness (QED) is 0.677. The average molecular weight is 291 g/mol. The topological polar surface area (TPSA) is 80.8 Å². The van der Waals surface area contributed by atoms with Crippen molar-refractivity contribution in [2.75, 3.05) is 31.7 Å². The summed E-state index contributed by atoms with van der Waals surface area (Å²) >= 11 is 0. The molecule has 1 atom stereocenters. The zero-order chi connectivity index (χ0) is 14.5. The summed E-state index contributed by atoms with van der Waals surface area (Å²) < 4.78 is 28.2. The van der Waals surface area contributed by atoms with Crippen LogP contribution in [0.1, 0.15) is 26.2 Å². The molecular weight excluding hydrogens is 270 g/mol. The number of methoxy groups -OCH3 is 1. The Morgan fingerprint density at radius 2 is 1.79 bits per heavy atom. The predicted molar refractivity (Wildman–Crippen MR) is 70.3 cm³/mol. The van der Waals surface area contributed by atoms with E-state index in [1.54, 1.807) is 4.90 Å². The van der Waals surface area contributed by atoms with Crippen molar-refractivity contribution in [1.29, 1.82) is 0 Å². The minimum absolute atomic E-state index is 0.348. The molecule has 0 bridgehead atoms. The molecule has 0 aromatic heterocycles. The van der Waals surface area contributed by atoms with Gasteiger partial charge in [-0.25, -0.2) is 8.42 Å². The summed E-state index contributed by atoms with van der Waals surface area (Å²) in [6.45, 7) is 2.73. The number of rotatable bonds is 5. The summed E-state index contributed by atoms with van der Waals surface area (Å²) in [5.74, 6) is -2.55. The van der Waals surface area contributed by atoms with E-state index < -0.39 is 27.5 Å². The van der Waals surface area contributed by atoms with Crippen LogP contribution >= 0.6 is 0 Å². The van der Waals surface area contributed by atoms with Gasteiger partial charge in [0.1, 0.15) is 5.75 Å². The molecule has 6 nitrogen and oxygen atoms in total. The minimum atomic E-state index is -3.58. The van der Waals surface area contributed by atoms with Crippen molar-refractivity contribution in [3.05, 3.63) is 0 Å². The summed E-state index contributed by atoms with van der Waals surface area (Å²) in [5.41, 5.74) is 0. The van der Waals surface area contributed by atoms with E-state index >= 15 is 0 Å². The molecule has 1 aliphatic rings. The normalized spacial score (nSPS) is 17.9. The highest BCUT2D eigenvalue weighted by Gasteiger charge is 2.27. The Kier molecular flexibility index (Phi) is 5.78. The van der Waals surface area contributed by atoms with Gasteiger partial charge in [0.05, 0.1) is 18.8 Å². The highest BCUT2D eigenvalue weighted by molar-refractivity contribution is 7.92. The molecule has 0 saturated carbocycles. The Hall–Kier alpha value is -1.11.